The molecule has 1 fully saturated rings. The number of hydrogen-bond acceptors (Lipinski definition) is 5. The Kier molecular flexibility index (Phi) is 6.31. The Balaban J connectivity index is 1.55. The fourth-order valence-electron chi connectivity index (χ4n) is 2.97. The van der Waals surface area contributed by atoms with Gasteiger partial charge in [0.1, 0.15) is 0 Å². The number of amides is 1. The van der Waals surface area contributed by atoms with Crippen LogP contribution < -0.4 is 5.32 Å². The normalized spacial score (nSPS) is 15.7. The quantitative estimate of drug-likeness (QED) is 0.803. The molecule has 146 valence electrons. The van der Waals surface area contributed by atoms with Gasteiger partial charge in [0.2, 0.25) is 15.9 Å². The topological polar surface area (TPSA) is 93.5 Å². The molecule has 0 radical (unpaired) electrons. The number of rotatable bonds is 5. The molecule has 0 atom stereocenters. The van der Waals surface area contributed by atoms with Crippen molar-refractivity contribution in [1.29, 1.82) is 5.26 Å². The van der Waals surface area contributed by atoms with Crippen molar-refractivity contribution in [3.8, 4) is 6.07 Å². The Bertz CT molecular complexity index is 1010. The highest BCUT2D eigenvalue weighted by Crippen LogP contribution is 2.21. The van der Waals surface area contributed by atoms with Crippen LogP contribution in [0.3, 0.4) is 0 Å². The van der Waals surface area contributed by atoms with E-state index < -0.39 is 10.0 Å². The monoisotopic (exact) mass is 418 g/mol. The first kappa shape index (κ1) is 20.3. The molecule has 7 nitrogen and oxygen atoms in total. The van der Waals surface area contributed by atoms with Crippen LogP contribution in [0.5, 0.6) is 0 Å². The Morgan fingerprint density at radius 3 is 2.50 bits per heavy atom. The maximum absolute atomic E-state index is 12.7. The standard InChI is InChI=1S/C19H19ClN4O3S/c20-16-4-2-6-18(12-16)28(26,27)24-9-7-23(8-10-24)14-19(25)22-17-5-1-3-15(11-17)13-21/h1-6,11-12H,7-10,14H2,(H,22,25). The number of carbonyl (C=O) groups is 1. The van der Waals surface area contributed by atoms with Crippen molar-refractivity contribution in [2.45, 2.75) is 4.90 Å². The van der Waals surface area contributed by atoms with Crippen LogP contribution in [0.4, 0.5) is 5.69 Å². The number of carbonyl (C=O) groups excluding carboxylic acids is 1. The highest BCUT2D eigenvalue weighted by molar-refractivity contribution is 7.89. The SMILES string of the molecule is N#Cc1cccc(NC(=O)CN2CCN(S(=O)(=O)c3cccc(Cl)c3)CC2)c1. The summed E-state index contributed by atoms with van der Waals surface area (Å²) in [6, 6.07) is 14.9. The van der Waals surface area contributed by atoms with E-state index in [-0.39, 0.29) is 17.3 Å². The van der Waals surface area contributed by atoms with E-state index in [0.29, 0.717) is 42.5 Å². The minimum absolute atomic E-state index is 0.155. The number of nitriles is 1. The van der Waals surface area contributed by atoms with Gasteiger partial charge in [-0.25, -0.2) is 8.42 Å². The number of hydrogen-bond donors (Lipinski definition) is 1. The van der Waals surface area contributed by atoms with E-state index in [9.17, 15) is 13.2 Å². The van der Waals surface area contributed by atoms with Crippen LogP contribution in [-0.2, 0) is 14.8 Å². The van der Waals surface area contributed by atoms with Crippen molar-refractivity contribution in [2.75, 3.05) is 38.0 Å². The predicted octanol–water partition coefficient (Wildman–Crippen LogP) is 2.16. The summed E-state index contributed by atoms with van der Waals surface area (Å²) in [5.41, 5.74) is 1.03. The summed E-state index contributed by atoms with van der Waals surface area (Å²) in [6.07, 6.45) is 0. The van der Waals surface area contributed by atoms with Crippen molar-refractivity contribution >= 4 is 33.2 Å². The third kappa shape index (κ3) is 4.88. The molecule has 1 aliphatic rings. The molecular weight excluding hydrogens is 400 g/mol. The molecule has 9 heteroatoms. The van der Waals surface area contributed by atoms with Gasteiger partial charge >= 0.3 is 0 Å². The summed E-state index contributed by atoms with van der Waals surface area (Å²) in [4.78, 5) is 14.3. The fourth-order valence-corrected chi connectivity index (χ4v) is 4.70. The lowest BCUT2D eigenvalue weighted by atomic mass is 10.2. The van der Waals surface area contributed by atoms with Crippen LogP contribution in [-0.4, -0.2) is 56.3 Å². The maximum atomic E-state index is 12.7. The van der Waals surface area contributed by atoms with Gasteiger partial charge in [0, 0.05) is 36.9 Å². The Hall–Kier alpha value is -2.44. The van der Waals surface area contributed by atoms with Gasteiger partial charge < -0.3 is 5.32 Å². The smallest absolute Gasteiger partial charge is 0.243 e. The average molecular weight is 419 g/mol. The molecule has 0 aliphatic carbocycles. The van der Waals surface area contributed by atoms with Crippen molar-refractivity contribution in [1.82, 2.24) is 9.21 Å². The predicted molar refractivity (Wildman–Crippen MR) is 106 cm³/mol. The second kappa shape index (κ2) is 8.71. The van der Waals surface area contributed by atoms with Crippen LogP contribution in [0, 0.1) is 11.3 Å². The highest BCUT2D eigenvalue weighted by Gasteiger charge is 2.29. The van der Waals surface area contributed by atoms with E-state index >= 15 is 0 Å². The molecule has 2 aromatic carbocycles. The van der Waals surface area contributed by atoms with Crippen LogP contribution in [0.1, 0.15) is 5.56 Å². The van der Waals surface area contributed by atoms with E-state index in [1.807, 2.05) is 11.0 Å². The number of anilines is 1. The Labute approximate surface area is 169 Å². The molecule has 1 saturated heterocycles. The van der Waals surface area contributed by atoms with Crippen molar-refractivity contribution in [3.05, 3.63) is 59.1 Å². The van der Waals surface area contributed by atoms with Gasteiger partial charge in [-0.3, -0.25) is 9.69 Å². The molecule has 1 heterocycles. The van der Waals surface area contributed by atoms with E-state index in [4.69, 9.17) is 16.9 Å². The lowest BCUT2D eigenvalue weighted by molar-refractivity contribution is -0.117. The van der Waals surface area contributed by atoms with Gasteiger partial charge in [-0.2, -0.15) is 9.57 Å². The van der Waals surface area contributed by atoms with E-state index in [2.05, 4.69) is 5.32 Å². The third-order valence-electron chi connectivity index (χ3n) is 4.41. The molecule has 0 spiro atoms. The van der Waals surface area contributed by atoms with Gasteiger partial charge in [-0.1, -0.05) is 23.7 Å². The maximum Gasteiger partial charge on any atom is 0.243 e. The Morgan fingerprint density at radius 1 is 1.11 bits per heavy atom. The minimum atomic E-state index is -3.60. The number of benzene rings is 2. The van der Waals surface area contributed by atoms with E-state index in [0.717, 1.165) is 0 Å². The van der Waals surface area contributed by atoms with Gasteiger partial charge in [-0.05, 0) is 36.4 Å². The zero-order valence-corrected chi connectivity index (χ0v) is 16.6. The summed E-state index contributed by atoms with van der Waals surface area (Å²) >= 11 is 5.90. The number of piperazine rings is 1. The lowest BCUT2D eigenvalue weighted by Crippen LogP contribution is -2.50. The van der Waals surface area contributed by atoms with Crippen LogP contribution in [0.2, 0.25) is 5.02 Å². The molecule has 2 aromatic rings. The van der Waals surface area contributed by atoms with E-state index in [1.165, 1.54) is 16.4 Å². The molecule has 3 rings (SSSR count). The fraction of sp³-hybridized carbons (Fsp3) is 0.263. The number of halogens is 1. The minimum Gasteiger partial charge on any atom is -0.325 e. The molecule has 0 bridgehead atoms. The lowest BCUT2D eigenvalue weighted by Gasteiger charge is -2.33. The zero-order valence-electron chi connectivity index (χ0n) is 15.0. The first-order chi connectivity index (χ1) is 13.4. The summed E-state index contributed by atoms with van der Waals surface area (Å²) in [5, 5.41) is 12.0. The first-order valence-corrected chi connectivity index (χ1v) is 10.5. The molecule has 0 saturated carbocycles. The molecular formula is C19H19ClN4O3S. The van der Waals surface area contributed by atoms with Crippen molar-refractivity contribution < 1.29 is 13.2 Å². The zero-order chi connectivity index (χ0) is 20.1. The van der Waals surface area contributed by atoms with Gasteiger partial charge in [-0.15, -0.1) is 0 Å². The summed E-state index contributed by atoms with van der Waals surface area (Å²) in [7, 11) is -3.60. The van der Waals surface area contributed by atoms with Gasteiger partial charge in [0.25, 0.3) is 0 Å². The number of sulfonamides is 1. The molecule has 1 aliphatic heterocycles. The number of nitrogens with one attached hydrogen (secondary N) is 1. The van der Waals surface area contributed by atoms with E-state index in [1.54, 1.807) is 36.4 Å². The second-order valence-electron chi connectivity index (χ2n) is 6.38. The number of nitrogens with zero attached hydrogens (tertiary/aromatic N) is 3. The molecule has 0 aromatic heterocycles. The second-order valence-corrected chi connectivity index (χ2v) is 8.75. The Morgan fingerprint density at radius 2 is 1.82 bits per heavy atom. The van der Waals surface area contributed by atoms with Gasteiger partial charge in [0.05, 0.1) is 23.1 Å². The summed E-state index contributed by atoms with van der Waals surface area (Å²) in [6.45, 7) is 1.65. The summed E-state index contributed by atoms with van der Waals surface area (Å²) < 4.78 is 26.8. The highest BCUT2D eigenvalue weighted by atomic mass is 35.5. The van der Waals surface area contributed by atoms with Crippen LogP contribution in [0.15, 0.2) is 53.4 Å². The van der Waals surface area contributed by atoms with Crippen molar-refractivity contribution in [3.63, 3.8) is 0 Å². The molecule has 1 N–H and O–H groups in total. The third-order valence-corrected chi connectivity index (χ3v) is 6.54. The van der Waals surface area contributed by atoms with Crippen LogP contribution >= 0.6 is 11.6 Å². The molecule has 28 heavy (non-hydrogen) atoms. The van der Waals surface area contributed by atoms with Gasteiger partial charge in [0.15, 0.2) is 0 Å². The van der Waals surface area contributed by atoms with Crippen molar-refractivity contribution in [2.24, 2.45) is 0 Å². The van der Waals surface area contributed by atoms with Crippen LogP contribution in [0.25, 0.3) is 0 Å². The molecule has 1 amide bonds. The first-order valence-electron chi connectivity index (χ1n) is 8.66. The largest absolute Gasteiger partial charge is 0.325 e. The summed E-state index contributed by atoms with van der Waals surface area (Å²) in [5.74, 6) is -0.207. The molecule has 0 unspecified atom stereocenters. The average Bonchev–Trinajstić information content (AvgIpc) is 2.68.